The van der Waals surface area contributed by atoms with E-state index in [4.69, 9.17) is 11.6 Å². The van der Waals surface area contributed by atoms with Crippen LogP contribution in [0.1, 0.15) is 17.3 Å². The Kier molecular flexibility index (Phi) is 3.92. The fraction of sp³-hybridized carbons (Fsp3) is 0.222. The molecular formula is C9H9BrClNO2. The minimum Gasteiger partial charge on any atom is -0.286 e. The number of carbonyl (C=O) groups excluding carboxylic acids is 1. The number of carbonyl (C=O) groups is 1. The summed E-state index contributed by atoms with van der Waals surface area (Å²) >= 11 is 9.04. The number of rotatable bonds is 2. The van der Waals surface area contributed by atoms with Crippen molar-refractivity contribution in [2.45, 2.75) is 6.92 Å². The Hall–Kier alpha value is -0.580. The van der Waals surface area contributed by atoms with Gasteiger partial charge >= 0.3 is 0 Å². The van der Waals surface area contributed by atoms with E-state index in [1.807, 2.05) is 0 Å². The molecule has 0 aliphatic heterocycles. The highest BCUT2D eigenvalue weighted by molar-refractivity contribution is 9.10. The molecule has 0 aromatic heterocycles. The van der Waals surface area contributed by atoms with E-state index in [-0.39, 0.29) is 12.1 Å². The molecule has 0 saturated heterocycles. The molecule has 0 heterocycles. The maximum Gasteiger partial charge on any atom is 0.278 e. The Balaban J connectivity index is 3.06. The third-order valence-electron chi connectivity index (χ3n) is 1.69. The molecular weight excluding hydrogens is 269 g/mol. The summed E-state index contributed by atoms with van der Waals surface area (Å²) < 4.78 is 0.745. The molecule has 0 atom stereocenters. The van der Waals surface area contributed by atoms with E-state index >= 15 is 0 Å². The first-order valence-corrected chi connectivity index (χ1v) is 5.19. The highest BCUT2D eigenvalue weighted by Crippen LogP contribution is 2.21. The Morgan fingerprint density at radius 1 is 1.64 bits per heavy atom. The Labute approximate surface area is 95.4 Å². The van der Waals surface area contributed by atoms with E-state index in [2.05, 4.69) is 15.9 Å². The molecule has 5 heteroatoms. The molecule has 0 saturated carbocycles. The molecule has 1 aromatic carbocycles. The van der Waals surface area contributed by atoms with Gasteiger partial charge in [-0.3, -0.25) is 10.0 Å². The summed E-state index contributed by atoms with van der Waals surface area (Å²) in [7, 11) is 0. The highest BCUT2D eigenvalue weighted by Gasteiger charge is 2.15. The zero-order valence-electron chi connectivity index (χ0n) is 7.50. The Morgan fingerprint density at radius 3 is 2.86 bits per heavy atom. The zero-order valence-corrected chi connectivity index (χ0v) is 9.84. The third-order valence-corrected chi connectivity index (χ3v) is 2.52. The predicted octanol–water partition coefficient (Wildman–Crippen LogP) is 2.95. The molecule has 14 heavy (non-hydrogen) atoms. The number of hydroxylamine groups is 2. The molecule has 0 bridgehead atoms. The van der Waals surface area contributed by atoms with Crippen LogP contribution in [0.4, 0.5) is 0 Å². The molecule has 3 nitrogen and oxygen atoms in total. The number of halogens is 2. The van der Waals surface area contributed by atoms with Crippen molar-refractivity contribution in [2.24, 2.45) is 0 Å². The summed E-state index contributed by atoms with van der Waals surface area (Å²) in [6.07, 6.45) is 0. The van der Waals surface area contributed by atoms with Gasteiger partial charge in [0.05, 0.1) is 10.6 Å². The summed E-state index contributed by atoms with van der Waals surface area (Å²) in [4.78, 5) is 11.5. The first-order valence-electron chi connectivity index (χ1n) is 4.02. The first kappa shape index (κ1) is 11.5. The van der Waals surface area contributed by atoms with E-state index in [1.54, 1.807) is 25.1 Å². The number of hydrogen-bond acceptors (Lipinski definition) is 2. The Morgan fingerprint density at radius 2 is 2.29 bits per heavy atom. The minimum absolute atomic E-state index is 0.224. The molecule has 1 aromatic rings. The normalized spacial score (nSPS) is 10.0. The second kappa shape index (κ2) is 4.77. The van der Waals surface area contributed by atoms with Crippen molar-refractivity contribution in [3.63, 3.8) is 0 Å². The van der Waals surface area contributed by atoms with Crippen LogP contribution in [0.25, 0.3) is 0 Å². The van der Waals surface area contributed by atoms with Gasteiger partial charge < -0.3 is 0 Å². The lowest BCUT2D eigenvalue weighted by Gasteiger charge is -2.13. The Bertz CT molecular complexity index is 357. The lowest BCUT2D eigenvalue weighted by molar-refractivity contribution is -0.0541. The van der Waals surface area contributed by atoms with Gasteiger partial charge in [0.15, 0.2) is 0 Å². The smallest absolute Gasteiger partial charge is 0.278 e. The van der Waals surface area contributed by atoms with Gasteiger partial charge in [-0.2, -0.15) is 0 Å². The van der Waals surface area contributed by atoms with Crippen LogP contribution in [-0.4, -0.2) is 22.7 Å². The van der Waals surface area contributed by atoms with Crippen LogP contribution in [-0.2, 0) is 0 Å². The maximum atomic E-state index is 11.5. The highest BCUT2D eigenvalue weighted by atomic mass is 79.9. The average Bonchev–Trinajstić information content (AvgIpc) is 2.19. The molecule has 0 spiro atoms. The monoisotopic (exact) mass is 277 g/mol. The number of amides is 1. The van der Waals surface area contributed by atoms with Crippen molar-refractivity contribution in [3.8, 4) is 0 Å². The van der Waals surface area contributed by atoms with Crippen LogP contribution in [0.15, 0.2) is 22.7 Å². The molecule has 0 aliphatic carbocycles. The number of benzene rings is 1. The van der Waals surface area contributed by atoms with E-state index < -0.39 is 5.91 Å². The van der Waals surface area contributed by atoms with Gasteiger partial charge in [-0.05, 0) is 25.1 Å². The molecule has 0 aliphatic rings. The van der Waals surface area contributed by atoms with Crippen LogP contribution in [0.5, 0.6) is 0 Å². The van der Waals surface area contributed by atoms with Crippen LogP contribution >= 0.6 is 27.5 Å². The van der Waals surface area contributed by atoms with Gasteiger partial charge in [0.1, 0.15) is 0 Å². The van der Waals surface area contributed by atoms with Gasteiger partial charge in [0, 0.05) is 11.0 Å². The molecule has 0 unspecified atom stereocenters. The summed E-state index contributed by atoms with van der Waals surface area (Å²) in [5.74, 6) is -0.501. The maximum absolute atomic E-state index is 11.5. The van der Waals surface area contributed by atoms with Gasteiger partial charge in [0.25, 0.3) is 5.91 Å². The summed E-state index contributed by atoms with van der Waals surface area (Å²) in [6.45, 7) is 1.89. The largest absolute Gasteiger partial charge is 0.286 e. The van der Waals surface area contributed by atoms with Crippen molar-refractivity contribution >= 4 is 33.4 Å². The number of nitrogens with zero attached hydrogens (tertiary/aromatic N) is 1. The van der Waals surface area contributed by atoms with E-state index in [1.165, 1.54) is 0 Å². The van der Waals surface area contributed by atoms with Crippen molar-refractivity contribution in [1.82, 2.24) is 5.06 Å². The quantitative estimate of drug-likeness (QED) is 0.667. The first-order chi connectivity index (χ1) is 6.56. The van der Waals surface area contributed by atoms with Crippen LogP contribution in [0.3, 0.4) is 0 Å². The second-order valence-corrected chi connectivity index (χ2v) is 3.97. The molecule has 1 N–H and O–H groups in total. The average molecular weight is 279 g/mol. The predicted molar refractivity (Wildman–Crippen MR) is 57.6 cm³/mol. The summed E-state index contributed by atoms with van der Waals surface area (Å²) in [5, 5.41) is 10.1. The summed E-state index contributed by atoms with van der Waals surface area (Å²) in [5.41, 5.74) is 0.283. The van der Waals surface area contributed by atoms with Crippen LogP contribution in [0, 0.1) is 0 Å². The lowest BCUT2D eigenvalue weighted by atomic mass is 10.2. The fourth-order valence-corrected chi connectivity index (χ4v) is 1.50. The van der Waals surface area contributed by atoms with Crippen molar-refractivity contribution in [2.75, 3.05) is 6.54 Å². The van der Waals surface area contributed by atoms with Crippen LogP contribution < -0.4 is 0 Å². The second-order valence-electron chi connectivity index (χ2n) is 2.65. The molecule has 0 radical (unpaired) electrons. The van der Waals surface area contributed by atoms with Crippen molar-refractivity contribution in [1.29, 1.82) is 0 Å². The van der Waals surface area contributed by atoms with Gasteiger partial charge in [-0.15, -0.1) is 0 Å². The molecule has 0 fully saturated rings. The molecule has 1 amide bonds. The SMILES string of the molecule is CCN(O)C(=O)c1cc(Br)ccc1Cl. The van der Waals surface area contributed by atoms with Gasteiger partial charge in [0.2, 0.25) is 0 Å². The molecule has 1 rings (SSSR count). The van der Waals surface area contributed by atoms with E-state index in [9.17, 15) is 10.0 Å². The van der Waals surface area contributed by atoms with E-state index in [0.717, 1.165) is 4.47 Å². The third kappa shape index (κ3) is 2.47. The van der Waals surface area contributed by atoms with Crippen molar-refractivity contribution < 1.29 is 10.0 Å². The lowest BCUT2D eigenvalue weighted by Crippen LogP contribution is -2.27. The molecule has 76 valence electrons. The van der Waals surface area contributed by atoms with Gasteiger partial charge in [-0.25, -0.2) is 5.06 Å². The zero-order chi connectivity index (χ0) is 10.7. The van der Waals surface area contributed by atoms with Gasteiger partial charge in [-0.1, -0.05) is 27.5 Å². The van der Waals surface area contributed by atoms with Crippen molar-refractivity contribution in [3.05, 3.63) is 33.3 Å². The fourth-order valence-electron chi connectivity index (χ4n) is 0.944. The topological polar surface area (TPSA) is 40.5 Å². The minimum atomic E-state index is -0.501. The standard InChI is InChI=1S/C9H9BrClNO2/c1-2-12(14)9(13)7-5-6(10)3-4-8(7)11/h3-5,14H,2H2,1H3. The number of hydrogen-bond donors (Lipinski definition) is 1. The van der Waals surface area contributed by atoms with E-state index in [0.29, 0.717) is 10.1 Å². The summed E-state index contributed by atoms with van der Waals surface area (Å²) in [6, 6.07) is 4.90. The van der Waals surface area contributed by atoms with Crippen LogP contribution in [0.2, 0.25) is 5.02 Å².